The van der Waals surface area contributed by atoms with Crippen molar-refractivity contribution in [2.24, 2.45) is 5.92 Å². The molecule has 0 saturated carbocycles. The Hall–Kier alpha value is -1.42. The van der Waals surface area contributed by atoms with Gasteiger partial charge in [-0.3, -0.25) is 0 Å². The van der Waals surface area contributed by atoms with Crippen molar-refractivity contribution in [2.45, 2.75) is 6.92 Å². The molecular formula is C13H21NO3. The summed E-state index contributed by atoms with van der Waals surface area (Å²) in [7, 11) is 4.98. The van der Waals surface area contributed by atoms with E-state index in [4.69, 9.17) is 14.2 Å². The van der Waals surface area contributed by atoms with Gasteiger partial charge in [0.25, 0.3) is 0 Å². The van der Waals surface area contributed by atoms with Gasteiger partial charge in [-0.15, -0.1) is 0 Å². The van der Waals surface area contributed by atoms with Crippen LogP contribution >= 0.6 is 0 Å². The van der Waals surface area contributed by atoms with Crippen LogP contribution in [0, 0.1) is 5.92 Å². The van der Waals surface area contributed by atoms with Crippen molar-refractivity contribution in [3.63, 3.8) is 0 Å². The summed E-state index contributed by atoms with van der Waals surface area (Å²) in [5, 5.41) is 3.34. The summed E-state index contributed by atoms with van der Waals surface area (Å²) >= 11 is 0. The molecule has 96 valence electrons. The molecule has 0 radical (unpaired) electrons. The van der Waals surface area contributed by atoms with E-state index in [0.29, 0.717) is 5.92 Å². The number of nitrogens with one attached hydrogen (secondary N) is 1. The monoisotopic (exact) mass is 239 g/mol. The predicted octanol–water partition coefficient (Wildman–Crippen LogP) is 2.40. The van der Waals surface area contributed by atoms with Crippen LogP contribution in [0.15, 0.2) is 18.2 Å². The van der Waals surface area contributed by atoms with Gasteiger partial charge < -0.3 is 19.5 Å². The molecule has 4 heteroatoms. The third-order valence-electron chi connectivity index (χ3n) is 2.49. The van der Waals surface area contributed by atoms with Gasteiger partial charge in [0.1, 0.15) is 0 Å². The predicted molar refractivity (Wildman–Crippen MR) is 69.1 cm³/mol. The summed E-state index contributed by atoms with van der Waals surface area (Å²) in [5.41, 5.74) is 1.02. The number of methoxy groups -OCH3 is 3. The number of hydrogen-bond acceptors (Lipinski definition) is 4. The molecule has 0 saturated heterocycles. The van der Waals surface area contributed by atoms with E-state index < -0.39 is 0 Å². The Labute approximate surface area is 103 Å². The molecule has 1 aromatic rings. The van der Waals surface area contributed by atoms with Gasteiger partial charge in [-0.25, -0.2) is 0 Å². The molecule has 0 amide bonds. The highest BCUT2D eigenvalue weighted by atomic mass is 16.5. The van der Waals surface area contributed by atoms with Gasteiger partial charge in [0.2, 0.25) is 0 Å². The fourth-order valence-corrected chi connectivity index (χ4v) is 1.58. The zero-order chi connectivity index (χ0) is 12.7. The van der Waals surface area contributed by atoms with Crippen LogP contribution in [0.25, 0.3) is 0 Å². The van der Waals surface area contributed by atoms with Crippen molar-refractivity contribution < 1.29 is 14.2 Å². The first-order valence-electron chi connectivity index (χ1n) is 5.66. The van der Waals surface area contributed by atoms with Crippen LogP contribution in [0.1, 0.15) is 6.92 Å². The summed E-state index contributed by atoms with van der Waals surface area (Å²) in [6.45, 7) is 3.75. The molecule has 1 unspecified atom stereocenters. The van der Waals surface area contributed by atoms with Crippen molar-refractivity contribution in [1.82, 2.24) is 0 Å². The lowest BCUT2D eigenvalue weighted by molar-refractivity contribution is 0.164. The van der Waals surface area contributed by atoms with E-state index in [1.807, 2.05) is 18.2 Å². The smallest absolute Gasteiger partial charge is 0.162 e. The van der Waals surface area contributed by atoms with Gasteiger partial charge >= 0.3 is 0 Å². The van der Waals surface area contributed by atoms with Crippen LogP contribution in [0.5, 0.6) is 11.5 Å². The molecule has 0 fully saturated rings. The average Bonchev–Trinajstić information content (AvgIpc) is 2.36. The van der Waals surface area contributed by atoms with E-state index in [1.165, 1.54) is 0 Å². The maximum atomic E-state index is 5.24. The van der Waals surface area contributed by atoms with Crippen molar-refractivity contribution in [3.05, 3.63) is 18.2 Å². The Morgan fingerprint density at radius 2 is 1.82 bits per heavy atom. The summed E-state index contributed by atoms with van der Waals surface area (Å²) in [4.78, 5) is 0. The SMILES string of the molecule is COCC(C)CNc1ccc(OC)c(OC)c1. The van der Waals surface area contributed by atoms with Crippen LogP contribution < -0.4 is 14.8 Å². The minimum atomic E-state index is 0.466. The van der Waals surface area contributed by atoms with Gasteiger partial charge in [-0.05, 0) is 18.1 Å². The first-order chi connectivity index (χ1) is 8.21. The second-order valence-corrected chi connectivity index (χ2v) is 4.01. The number of rotatable bonds is 7. The van der Waals surface area contributed by atoms with E-state index in [9.17, 15) is 0 Å². The Kier molecular flexibility index (Phi) is 5.63. The first kappa shape index (κ1) is 13.6. The third kappa shape index (κ3) is 4.15. The topological polar surface area (TPSA) is 39.7 Å². The Morgan fingerprint density at radius 1 is 1.12 bits per heavy atom. The van der Waals surface area contributed by atoms with Crippen LogP contribution in [0.2, 0.25) is 0 Å². The molecule has 0 spiro atoms. The van der Waals surface area contributed by atoms with Gasteiger partial charge in [-0.1, -0.05) is 6.92 Å². The van der Waals surface area contributed by atoms with Crippen molar-refractivity contribution in [2.75, 3.05) is 39.8 Å². The minimum Gasteiger partial charge on any atom is -0.493 e. The molecule has 17 heavy (non-hydrogen) atoms. The van der Waals surface area contributed by atoms with E-state index >= 15 is 0 Å². The molecule has 0 bridgehead atoms. The number of ether oxygens (including phenoxy) is 3. The Morgan fingerprint density at radius 3 is 2.41 bits per heavy atom. The lowest BCUT2D eigenvalue weighted by Gasteiger charge is -2.14. The van der Waals surface area contributed by atoms with E-state index in [2.05, 4.69) is 12.2 Å². The number of anilines is 1. The van der Waals surface area contributed by atoms with Crippen LogP contribution in [-0.2, 0) is 4.74 Å². The highest BCUT2D eigenvalue weighted by Crippen LogP contribution is 2.29. The molecule has 0 heterocycles. The van der Waals surface area contributed by atoms with E-state index in [-0.39, 0.29) is 0 Å². The van der Waals surface area contributed by atoms with Gasteiger partial charge in [0.05, 0.1) is 20.8 Å². The van der Waals surface area contributed by atoms with Crippen LogP contribution in [-0.4, -0.2) is 34.5 Å². The highest BCUT2D eigenvalue weighted by Gasteiger charge is 2.05. The van der Waals surface area contributed by atoms with Gasteiger partial charge in [0.15, 0.2) is 11.5 Å². The average molecular weight is 239 g/mol. The summed E-state index contributed by atoms with van der Waals surface area (Å²) in [5.74, 6) is 1.94. The Balaban J connectivity index is 2.60. The van der Waals surface area contributed by atoms with Gasteiger partial charge in [-0.2, -0.15) is 0 Å². The first-order valence-corrected chi connectivity index (χ1v) is 5.66. The highest BCUT2D eigenvalue weighted by molar-refractivity contribution is 5.54. The third-order valence-corrected chi connectivity index (χ3v) is 2.49. The summed E-state index contributed by atoms with van der Waals surface area (Å²) in [6.07, 6.45) is 0. The second-order valence-electron chi connectivity index (χ2n) is 4.01. The van der Waals surface area contributed by atoms with Crippen LogP contribution in [0.4, 0.5) is 5.69 Å². The maximum Gasteiger partial charge on any atom is 0.162 e. The molecule has 0 aliphatic carbocycles. The second kappa shape index (κ2) is 7.01. The molecular weight excluding hydrogens is 218 g/mol. The minimum absolute atomic E-state index is 0.466. The summed E-state index contributed by atoms with van der Waals surface area (Å²) in [6, 6.07) is 5.79. The molecule has 1 aromatic carbocycles. The lowest BCUT2D eigenvalue weighted by atomic mass is 10.2. The lowest BCUT2D eigenvalue weighted by Crippen LogP contribution is -2.15. The number of benzene rings is 1. The van der Waals surface area contributed by atoms with Crippen molar-refractivity contribution in [1.29, 1.82) is 0 Å². The van der Waals surface area contributed by atoms with E-state index in [1.54, 1.807) is 21.3 Å². The standard InChI is InChI=1S/C13H21NO3/c1-10(9-15-2)8-14-11-5-6-12(16-3)13(7-11)17-4/h5-7,10,14H,8-9H2,1-4H3. The molecule has 1 atom stereocenters. The summed E-state index contributed by atoms with van der Waals surface area (Å²) < 4.78 is 15.5. The quantitative estimate of drug-likeness (QED) is 0.793. The normalized spacial score (nSPS) is 12.0. The van der Waals surface area contributed by atoms with Crippen molar-refractivity contribution in [3.8, 4) is 11.5 Å². The van der Waals surface area contributed by atoms with Gasteiger partial charge in [0, 0.05) is 25.4 Å². The fourth-order valence-electron chi connectivity index (χ4n) is 1.58. The molecule has 0 aliphatic heterocycles. The Bertz CT molecular complexity index is 341. The largest absolute Gasteiger partial charge is 0.493 e. The molecule has 4 nitrogen and oxygen atoms in total. The zero-order valence-electron chi connectivity index (χ0n) is 10.9. The van der Waals surface area contributed by atoms with Crippen LogP contribution in [0.3, 0.4) is 0 Å². The molecule has 0 aliphatic rings. The van der Waals surface area contributed by atoms with Crippen molar-refractivity contribution >= 4 is 5.69 Å². The fraction of sp³-hybridized carbons (Fsp3) is 0.538. The maximum absolute atomic E-state index is 5.24. The molecule has 1 rings (SSSR count). The van der Waals surface area contributed by atoms with E-state index in [0.717, 1.165) is 30.3 Å². The number of hydrogen-bond donors (Lipinski definition) is 1. The molecule has 1 N–H and O–H groups in total. The molecule has 0 aromatic heterocycles. The zero-order valence-corrected chi connectivity index (χ0v) is 10.9.